The van der Waals surface area contributed by atoms with Crippen LogP contribution in [-0.4, -0.2) is 42.7 Å². The third-order valence-corrected chi connectivity index (χ3v) is 4.49. The zero-order chi connectivity index (χ0) is 19.4. The number of nitrogens with one attached hydrogen (secondary N) is 3. The zero-order valence-electron chi connectivity index (χ0n) is 16.2. The van der Waals surface area contributed by atoms with E-state index in [0.29, 0.717) is 18.4 Å². The number of rotatable bonds is 7. The zero-order valence-corrected chi connectivity index (χ0v) is 16.2. The molecule has 1 fully saturated rings. The summed E-state index contributed by atoms with van der Waals surface area (Å²) < 4.78 is 0. The highest BCUT2D eigenvalue weighted by Gasteiger charge is 2.40. The van der Waals surface area contributed by atoms with E-state index in [0.717, 1.165) is 31.4 Å². The Morgan fingerprint density at radius 3 is 2.23 bits per heavy atom. The van der Waals surface area contributed by atoms with Gasteiger partial charge in [0.25, 0.3) is 5.91 Å². The second-order valence-corrected chi connectivity index (χ2v) is 6.30. The van der Waals surface area contributed by atoms with Crippen LogP contribution in [0.3, 0.4) is 0 Å². The topological polar surface area (TPSA) is 90.5 Å². The van der Waals surface area contributed by atoms with E-state index in [-0.39, 0.29) is 25.0 Å². The summed E-state index contributed by atoms with van der Waals surface area (Å²) in [6.07, 6.45) is 4.16. The Balaban J connectivity index is 0.00000163. The van der Waals surface area contributed by atoms with E-state index in [1.807, 2.05) is 33.0 Å². The number of aliphatic hydroxyl groups excluding tert-OH is 1. The molecular formula is C20H33N3O3. The van der Waals surface area contributed by atoms with E-state index < -0.39 is 5.54 Å². The van der Waals surface area contributed by atoms with E-state index in [1.165, 1.54) is 0 Å². The van der Waals surface area contributed by atoms with Crippen molar-refractivity contribution in [1.82, 2.24) is 16.0 Å². The normalized spacial score (nSPS) is 15.4. The minimum atomic E-state index is -0.867. The Labute approximate surface area is 156 Å². The van der Waals surface area contributed by atoms with Crippen molar-refractivity contribution in [2.45, 2.75) is 58.0 Å². The fraction of sp³-hybridized carbons (Fsp3) is 0.600. The van der Waals surface area contributed by atoms with Crippen LogP contribution in [0.15, 0.2) is 24.3 Å². The van der Waals surface area contributed by atoms with Gasteiger partial charge in [-0.1, -0.05) is 45.2 Å². The monoisotopic (exact) mass is 363 g/mol. The molecular weight excluding hydrogens is 330 g/mol. The Hall–Kier alpha value is -1.92. The Kier molecular flexibility index (Phi) is 9.91. The number of carbonyl (C=O) groups excluding carboxylic acids is 2. The van der Waals surface area contributed by atoms with Crippen molar-refractivity contribution in [3.63, 3.8) is 0 Å². The number of amides is 2. The highest BCUT2D eigenvalue weighted by atomic mass is 16.3. The van der Waals surface area contributed by atoms with Gasteiger partial charge in [0, 0.05) is 18.7 Å². The molecule has 1 aliphatic rings. The fourth-order valence-electron chi connectivity index (χ4n) is 3.17. The van der Waals surface area contributed by atoms with Crippen molar-refractivity contribution in [3.8, 4) is 0 Å². The van der Waals surface area contributed by atoms with Crippen LogP contribution < -0.4 is 16.0 Å². The van der Waals surface area contributed by atoms with Crippen LogP contribution in [-0.2, 0) is 11.3 Å². The second kappa shape index (κ2) is 11.6. The Morgan fingerprint density at radius 1 is 1.08 bits per heavy atom. The number of hydrogen-bond donors (Lipinski definition) is 4. The van der Waals surface area contributed by atoms with Crippen molar-refractivity contribution < 1.29 is 14.7 Å². The molecule has 0 bridgehead atoms. The number of carbonyl (C=O) groups is 2. The predicted octanol–water partition coefficient (Wildman–Crippen LogP) is 1.97. The van der Waals surface area contributed by atoms with Crippen molar-refractivity contribution in [1.29, 1.82) is 0 Å². The molecule has 6 heteroatoms. The smallest absolute Gasteiger partial charge is 0.252 e. The summed E-state index contributed by atoms with van der Waals surface area (Å²) in [6.45, 7) is 4.84. The lowest BCUT2D eigenvalue weighted by molar-refractivity contribution is -0.128. The van der Waals surface area contributed by atoms with Gasteiger partial charge in [-0.3, -0.25) is 9.59 Å². The lowest BCUT2D eigenvalue weighted by Gasteiger charge is -2.36. The molecule has 0 aromatic heterocycles. The third-order valence-electron chi connectivity index (χ3n) is 4.49. The lowest BCUT2D eigenvalue weighted by atomic mass is 9.80. The number of aliphatic hydroxyl groups is 1. The van der Waals surface area contributed by atoms with Crippen LogP contribution in [0.4, 0.5) is 0 Å². The van der Waals surface area contributed by atoms with E-state index in [4.69, 9.17) is 5.11 Å². The van der Waals surface area contributed by atoms with Gasteiger partial charge in [-0.25, -0.2) is 0 Å². The van der Waals surface area contributed by atoms with Gasteiger partial charge in [-0.05, 0) is 37.6 Å². The molecule has 0 heterocycles. The molecule has 4 N–H and O–H groups in total. The molecule has 1 saturated carbocycles. The molecule has 0 spiro atoms. The molecule has 6 nitrogen and oxygen atoms in total. The molecule has 0 aliphatic heterocycles. The maximum atomic E-state index is 12.6. The molecule has 0 saturated heterocycles. The molecule has 0 unspecified atom stereocenters. The van der Waals surface area contributed by atoms with Gasteiger partial charge < -0.3 is 21.1 Å². The van der Waals surface area contributed by atoms with Crippen LogP contribution in [0.2, 0.25) is 0 Å². The van der Waals surface area contributed by atoms with Crippen LogP contribution in [0.1, 0.15) is 61.9 Å². The van der Waals surface area contributed by atoms with Crippen LogP contribution in [0.5, 0.6) is 0 Å². The second-order valence-electron chi connectivity index (χ2n) is 6.30. The van der Waals surface area contributed by atoms with Crippen LogP contribution in [0, 0.1) is 0 Å². The first-order valence-electron chi connectivity index (χ1n) is 9.56. The van der Waals surface area contributed by atoms with Gasteiger partial charge in [-0.15, -0.1) is 0 Å². The molecule has 0 radical (unpaired) electrons. The summed E-state index contributed by atoms with van der Waals surface area (Å²) in [6, 6.07) is 7.38. The van der Waals surface area contributed by atoms with Crippen LogP contribution in [0.25, 0.3) is 0 Å². The lowest BCUT2D eigenvalue weighted by Crippen LogP contribution is -2.60. The highest BCUT2D eigenvalue weighted by molar-refractivity contribution is 5.99. The van der Waals surface area contributed by atoms with Crippen molar-refractivity contribution in [2.24, 2.45) is 0 Å². The Morgan fingerprint density at radius 2 is 1.69 bits per heavy atom. The quantitative estimate of drug-likeness (QED) is 0.596. The van der Waals surface area contributed by atoms with Gasteiger partial charge in [0.1, 0.15) is 5.54 Å². The molecule has 2 amide bonds. The van der Waals surface area contributed by atoms with Crippen molar-refractivity contribution >= 4 is 11.8 Å². The number of hydrogen-bond acceptors (Lipinski definition) is 4. The first-order valence-corrected chi connectivity index (χ1v) is 9.56. The Bertz CT molecular complexity index is 552. The third kappa shape index (κ3) is 6.11. The fourth-order valence-corrected chi connectivity index (χ4v) is 3.17. The highest BCUT2D eigenvalue weighted by Crippen LogP contribution is 2.29. The van der Waals surface area contributed by atoms with E-state index >= 15 is 0 Å². The minimum Gasteiger partial charge on any atom is -0.395 e. The molecule has 26 heavy (non-hydrogen) atoms. The average Bonchev–Trinajstić information content (AvgIpc) is 2.69. The van der Waals surface area contributed by atoms with Gasteiger partial charge in [0.2, 0.25) is 5.91 Å². The molecule has 2 rings (SSSR count). The molecule has 146 valence electrons. The van der Waals surface area contributed by atoms with Gasteiger partial charge >= 0.3 is 0 Å². The largest absolute Gasteiger partial charge is 0.395 e. The van der Waals surface area contributed by atoms with Gasteiger partial charge in [0.05, 0.1) is 6.61 Å². The summed E-state index contributed by atoms with van der Waals surface area (Å²) in [5.74, 6) is -0.427. The SMILES string of the molecule is CC.CNCc1ccc(C(=O)NC2(C(=O)NCCO)CCCCC2)cc1. The summed E-state index contributed by atoms with van der Waals surface area (Å²) in [4.78, 5) is 25.1. The molecule has 1 aromatic rings. The summed E-state index contributed by atoms with van der Waals surface area (Å²) in [5, 5.41) is 17.7. The maximum absolute atomic E-state index is 12.6. The predicted molar refractivity (Wildman–Crippen MR) is 104 cm³/mol. The maximum Gasteiger partial charge on any atom is 0.252 e. The first-order chi connectivity index (χ1) is 12.6. The molecule has 0 atom stereocenters. The van der Waals surface area contributed by atoms with Gasteiger partial charge in [0.15, 0.2) is 0 Å². The van der Waals surface area contributed by atoms with Gasteiger partial charge in [-0.2, -0.15) is 0 Å². The first kappa shape index (κ1) is 22.1. The van der Waals surface area contributed by atoms with E-state index in [1.54, 1.807) is 12.1 Å². The molecule has 1 aromatic carbocycles. The van der Waals surface area contributed by atoms with Crippen molar-refractivity contribution in [2.75, 3.05) is 20.2 Å². The van der Waals surface area contributed by atoms with Crippen LogP contribution >= 0.6 is 0 Å². The van der Waals surface area contributed by atoms with E-state index in [9.17, 15) is 9.59 Å². The summed E-state index contributed by atoms with van der Waals surface area (Å²) in [5.41, 5.74) is 0.783. The standard InChI is InChI=1S/C18H27N3O3.C2H6/c1-19-13-14-5-7-15(8-6-14)16(23)21-18(9-3-2-4-10-18)17(24)20-11-12-22;1-2/h5-8,19,22H,2-4,9-13H2,1H3,(H,20,24)(H,21,23);1-2H3. The molecule has 1 aliphatic carbocycles. The summed E-state index contributed by atoms with van der Waals surface area (Å²) >= 11 is 0. The van der Waals surface area contributed by atoms with E-state index in [2.05, 4.69) is 16.0 Å². The number of benzene rings is 1. The summed E-state index contributed by atoms with van der Waals surface area (Å²) in [7, 11) is 1.87. The average molecular weight is 364 g/mol. The van der Waals surface area contributed by atoms with Crippen molar-refractivity contribution in [3.05, 3.63) is 35.4 Å². The minimum absolute atomic E-state index is 0.108.